The molecule has 3 nitrogen and oxygen atoms in total. The van der Waals surface area contributed by atoms with Crippen molar-refractivity contribution in [2.24, 2.45) is 0 Å². The predicted molar refractivity (Wildman–Crippen MR) is 76.6 cm³/mol. The molecule has 0 aliphatic carbocycles. The van der Waals surface area contributed by atoms with Gasteiger partial charge in [-0.25, -0.2) is 0 Å². The first kappa shape index (κ1) is 13.5. The van der Waals surface area contributed by atoms with E-state index < -0.39 is 0 Å². The van der Waals surface area contributed by atoms with Crippen LogP contribution in [0.5, 0.6) is 5.75 Å². The fraction of sp³-hybridized carbons (Fsp3) is 0.0714. The molecule has 0 spiro atoms. The summed E-state index contributed by atoms with van der Waals surface area (Å²) in [5, 5.41) is 22.4. The second-order valence-electron chi connectivity index (χ2n) is 3.91. The van der Waals surface area contributed by atoms with E-state index in [4.69, 9.17) is 28.5 Å². The van der Waals surface area contributed by atoms with E-state index in [1.807, 2.05) is 6.07 Å². The average molecular weight is 293 g/mol. The second-order valence-corrected chi connectivity index (χ2v) is 4.72. The highest BCUT2D eigenvalue weighted by Crippen LogP contribution is 2.28. The fourth-order valence-corrected chi connectivity index (χ4v) is 2.03. The van der Waals surface area contributed by atoms with Crippen LogP contribution in [0.3, 0.4) is 0 Å². The van der Waals surface area contributed by atoms with Gasteiger partial charge in [-0.2, -0.15) is 5.26 Å². The topological polar surface area (TPSA) is 56.0 Å². The van der Waals surface area contributed by atoms with Gasteiger partial charge in [-0.05, 0) is 24.3 Å². The molecule has 0 heterocycles. The Kier molecular flexibility index (Phi) is 4.16. The molecule has 2 aromatic rings. The number of hydrogen-bond donors (Lipinski definition) is 2. The van der Waals surface area contributed by atoms with Crippen molar-refractivity contribution in [1.82, 2.24) is 0 Å². The number of nitrogens with zero attached hydrogens (tertiary/aromatic N) is 1. The van der Waals surface area contributed by atoms with Gasteiger partial charge < -0.3 is 10.4 Å². The predicted octanol–water partition coefficient (Wildman–Crippen LogP) is 4.18. The van der Waals surface area contributed by atoms with E-state index in [1.165, 1.54) is 0 Å². The Morgan fingerprint density at radius 1 is 1.16 bits per heavy atom. The number of halogens is 2. The minimum Gasteiger partial charge on any atom is -0.506 e. The highest BCUT2D eigenvalue weighted by atomic mass is 35.5. The molecular weight excluding hydrogens is 283 g/mol. The molecule has 0 atom stereocenters. The lowest BCUT2D eigenvalue weighted by Gasteiger charge is -2.09. The van der Waals surface area contributed by atoms with Crippen LogP contribution >= 0.6 is 23.2 Å². The molecule has 5 heteroatoms. The minimum absolute atomic E-state index is 0.0661. The molecule has 19 heavy (non-hydrogen) atoms. The zero-order valence-corrected chi connectivity index (χ0v) is 11.3. The van der Waals surface area contributed by atoms with Crippen molar-refractivity contribution in [1.29, 1.82) is 5.26 Å². The van der Waals surface area contributed by atoms with Gasteiger partial charge in [0.2, 0.25) is 0 Å². The number of benzene rings is 2. The zero-order chi connectivity index (χ0) is 13.8. The van der Waals surface area contributed by atoms with Crippen molar-refractivity contribution >= 4 is 28.9 Å². The van der Waals surface area contributed by atoms with Crippen LogP contribution in [0.15, 0.2) is 36.4 Å². The lowest BCUT2D eigenvalue weighted by atomic mass is 10.2. The Labute approximate surface area is 121 Å². The fourth-order valence-electron chi connectivity index (χ4n) is 1.62. The Balaban J connectivity index is 2.13. The first-order chi connectivity index (χ1) is 9.11. The van der Waals surface area contributed by atoms with Crippen LogP contribution in [-0.2, 0) is 6.54 Å². The van der Waals surface area contributed by atoms with E-state index in [9.17, 15) is 5.11 Å². The monoisotopic (exact) mass is 292 g/mol. The van der Waals surface area contributed by atoms with Crippen molar-refractivity contribution in [3.8, 4) is 11.8 Å². The molecule has 0 aliphatic rings. The SMILES string of the molecule is N#Cc1ccc(NCc2cccc(Cl)c2O)cc1Cl. The van der Waals surface area contributed by atoms with Gasteiger partial charge in [0, 0.05) is 17.8 Å². The summed E-state index contributed by atoms with van der Waals surface area (Å²) in [6.45, 7) is 0.411. The Morgan fingerprint density at radius 3 is 2.63 bits per heavy atom. The first-order valence-electron chi connectivity index (χ1n) is 5.51. The second kappa shape index (κ2) is 5.83. The van der Waals surface area contributed by atoms with E-state index in [0.717, 1.165) is 5.69 Å². The van der Waals surface area contributed by atoms with Crippen LogP contribution in [0.4, 0.5) is 5.69 Å². The average Bonchev–Trinajstić information content (AvgIpc) is 2.40. The number of aromatic hydroxyl groups is 1. The molecule has 0 saturated carbocycles. The number of phenols is 1. The Hall–Kier alpha value is -1.89. The number of nitrogens with one attached hydrogen (secondary N) is 1. The highest BCUT2D eigenvalue weighted by Gasteiger charge is 2.05. The first-order valence-corrected chi connectivity index (χ1v) is 6.27. The number of hydrogen-bond acceptors (Lipinski definition) is 3. The zero-order valence-electron chi connectivity index (χ0n) is 9.82. The van der Waals surface area contributed by atoms with E-state index >= 15 is 0 Å². The smallest absolute Gasteiger partial charge is 0.139 e. The Morgan fingerprint density at radius 2 is 1.95 bits per heavy atom. The van der Waals surface area contributed by atoms with Crippen molar-refractivity contribution < 1.29 is 5.11 Å². The van der Waals surface area contributed by atoms with E-state index in [1.54, 1.807) is 36.4 Å². The maximum absolute atomic E-state index is 9.77. The summed E-state index contributed by atoms with van der Waals surface area (Å²) in [5.74, 6) is 0.0661. The number of rotatable bonds is 3. The van der Waals surface area contributed by atoms with Gasteiger partial charge in [0.1, 0.15) is 11.8 Å². The van der Waals surface area contributed by atoms with E-state index in [0.29, 0.717) is 27.7 Å². The summed E-state index contributed by atoms with van der Waals surface area (Å²) in [7, 11) is 0. The van der Waals surface area contributed by atoms with Crippen molar-refractivity contribution in [2.75, 3.05) is 5.32 Å². The number of nitriles is 1. The molecule has 0 amide bonds. The molecule has 96 valence electrons. The molecule has 0 aromatic heterocycles. The lowest BCUT2D eigenvalue weighted by Crippen LogP contribution is -2.00. The third-order valence-electron chi connectivity index (χ3n) is 2.64. The van der Waals surface area contributed by atoms with Crippen LogP contribution in [0.25, 0.3) is 0 Å². The maximum Gasteiger partial charge on any atom is 0.139 e. The molecule has 0 aliphatic heterocycles. The van der Waals surface area contributed by atoms with Crippen LogP contribution in [-0.4, -0.2) is 5.11 Å². The van der Waals surface area contributed by atoms with Crippen LogP contribution < -0.4 is 5.32 Å². The van der Waals surface area contributed by atoms with Gasteiger partial charge >= 0.3 is 0 Å². The van der Waals surface area contributed by atoms with Gasteiger partial charge in [0.25, 0.3) is 0 Å². The molecule has 2 aromatic carbocycles. The van der Waals surface area contributed by atoms with E-state index in [-0.39, 0.29) is 5.75 Å². The van der Waals surface area contributed by atoms with Gasteiger partial charge in [-0.1, -0.05) is 35.3 Å². The van der Waals surface area contributed by atoms with Gasteiger partial charge in [0.15, 0.2) is 0 Å². The molecule has 0 fully saturated rings. The summed E-state index contributed by atoms with van der Waals surface area (Å²) >= 11 is 11.8. The summed E-state index contributed by atoms with van der Waals surface area (Å²) in [5.41, 5.74) is 1.88. The summed E-state index contributed by atoms with van der Waals surface area (Å²) < 4.78 is 0. The normalized spacial score (nSPS) is 9.95. The van der Waals surface area contributed by atoms with Gasteiger partial charge in [-0.15, -0.1) is 0 Å². The molecule has 2 N–H and O–H groups in total. The molecular formula is C14H10Cl2N2O. The van der Waals surface area contributed by atoms with Crippen molar-refractivity contribution in [3.05, 3.63) is 57.6 Å². The number of phenolic OH excluding ortho intramolecular Hbond substituents is 1. The molecule has 0 unspecified atom stereocenters. The largest absolute Gasteiger partial charge is 0.506 e. The summed E-state index contributed by atoms with van der Waals surface area (Å²) in [6.07, 6.45) is 0. The molecule has 0 bridgehead atoms. The maximum atomic E-state index is 9.77. The Bertz CT molecular complexity index is 650. The van der Waals surface area contributed by atoms with Gasteiger partial charge in [-0.3, -0.25) is 0 Å². The van der Waals surface area contributed by atoms with Crippen LogP contribution in [0.2, 0.25) is 10.0 Å². The quantitative estimate of drug-likeness (QED) is 0.892. The lowest BCUT2D eigenvalue weighted by molar-refractivity contribution is 0.469. The van der Waals surface area contributed by atoms with E-state index in [2.05, 4.69) is 5.32 Å². The molecule has 2 rings (SSSR count). The van der Waals surface area contributed by atoms with Crippen molar-refractivity contribution in [3.63, 3.8) is 0 Å². The van der Waals surface area contributed by atoms with Crippen LogP contribution in [0, 0.1) is 11.3 Å². The minimum atomic E-state index is 0.0661. The van der Waals surface area contributed by atoms with Crippen molar-refractivity contribution in [2.45, 2.75) is 6.54 Å². The third kappa shape index (κ3) is 3.11. The van der Waals surface area contributed by atoms with Gasteiger partial charge in [0.05, 0.1) is 15.6 Å². The molecule has 0 radical (unpaired) electrons. The summed E-state index contributed by atoms with van der Waals surface area (Å²) in [6, 6.07) is 12.2. The summed E-state index contributed by atoms with van der Waals surface area (Å²) in [4.78, 5) is 0. The molecule has 0 saturated heterocycles. The standard InChI is InChI=1S/C14H10Cl2N2O/c15-12-3-1-2-10(14(12)19)8-18-11-5-4-9(7-17)13(16)6-11/h1-6,18-19H,8H2. The third-order valence-corrected chi connectivity index (χ3v) is 3.26. The number of para-hydroxylation sites is 1. The van der Waals surface area contributed by atoms with Crippen LogP contribution in [0.1, 0.15) is 11.1 Å². The highest BCUT2D eigenvalue weighted by molar-refractivity contribution is 6.32. The number of anilines is 1.